The van der Waals surface area contributed by atoms with E-state index < -0.39 is 47.3 Å². The fourth-order valence-corrected chi connectivity index (χ4v) is 3.44. The number of nitro benzene ring substituents is 1. The van der Waals surface area contributed by atoms with Gasteiger partial charge in [-0.2, -0.15) is 0 Å². The van der Waals surface area contributed by atoms with Crippen LogP contribution in [-0.4, -0.2) is 46.5 Å². The van der Waals surface area contributed by atoms with Crippen molar-refractivity contribution in [2.45, 2.75) is 6.92 Å². The van der Waals surface area contributed by atoms with Gasteiger partial charge in [0.2, 0.25) is 5.78 Å². The highest BCUT2D eigenvalue weighted by Crippen LogP contribution is 2.30. The molecule has 156 valence electrons. The number of amides is 2. The van der Waals surface area contributed by atoms with Crippen LogP contribution in [0.25, 0.3) is 11.0 Å². The monoisotopic (exact) mass is 422 g/mol. The van der Waals surface area contributed by atoms with Gasteiger partial charge in [-0.15, -0.1) is 0 Å². The average Bonchev–Trinajstić information content (AvgIpc) is 3.22. The van der Waals surface area contributed by atoms with Crippen LogP contribution in [-0.2, 0) is 9.53 Å². The minimum absolute atomic E-state index is 0.0466. The van der Waals surface area contributed by atoms with Gasteiger partial charge in [0.15, 0.2) is 12.4 Å². The Morgan fingerprint density at radius 1 is 1.10 bits per heavy atom. The minimum atomic E-state index is -1.01. The van der Waals surface area contributed by atoms with E-state index in [0.717, 1.165) is 11.5 Å². The van der Waals surface area contributed by atoms with Crippen molar-refractivity contribution < 1.29 is 33.3 Å². The van der Waals surface area contributed by atoms with Crippen LogP contribution in [0.4, 0.5) is 5.69 Å². The second-order valence-corrected chi connectivity index (χ2v) is 6.79. The molecule has 1 aliphatic rings. The van der Waals surface area contributed by atoms with Crippen molar-refractivity contribution in [1.29, 1.82) is 0 Å². The lowest BCUT2D eigenvalue weighted by Gasteiger charge is -2.12. The number of ketones is 1. The number of imide groups is 1. The second kappa shape index (κ2) is 7.48. The molecule has 0 radical (unpaired) electrons. The van der Waals surface area contributed by atoms with Gasteiger partial charge in [-0.3, -0.25) is 34.2 Å². The van der Waals surface area contributed by atoms with Crippen molar-refractivity contribution in [2.75, 3.05) is 13.2 Å². The third-order valence-electron chi connectivity index (χ3n) is 4.92. The summed E-state index contributed by atoms with van der Waals surface area (Å²) in [4.78, 5) is 60.4. The van der Waals surface area contributed by atoms with E-state index in [1.807, 2.05) is 0 Å². The van der Waals surface area contributed by atoms with E-state index in [4.69, 9.17) is 9.15 Å². The number of aryl methyl sites for hydroxylation is 1. The number of benzene rings is 2. The molecule has 10 nitrogen and oxygen atoms in total. The van der Waals surface area contributed by atoms with Crippen molar-refractivity contribution in [3.63, 3.8) is 0 Å². The summed E-state index contributed by atoms with van der Waals surface area (Å²) in [6.45, 7) is 0.269. The number of hydrogen-bond donors (Lipinski definition) is 0. The number of nitrogens with zero attached hydrogens (tertiary/aromatic N) is 2. The lowest BCUT2D eigenvalue weighted by Crippen LogP contribution is -2.36. The molecule has 2 heterocycles. The number of fused-ring (bicyclic) bond motifs is 2. The van der Waals surface area contributed by atoms with Crippen molar-refractivity contribution in [3.05, 3.63) is 75.0 Å². The van der Waals surface area contributed by atoms with Crippen LogP contribution in [0.3, 0.4) is 0 Å². The van der Waals surface area contributed by atoms with Gasteiger partial charge in [0.1, 0.15) is 17.7 Å². The third kappa shape index (κ3) is 3.33. The minimum Gasteiger partial charge on any atom is -0.456 e. The number of Topliss-reactive ketones (excluding diaryl/α,β-unsaturated/α-hetero) is 1. The lowest BCUT2D eigenvalue weighted by molar-refractivity contribution is -0.385. The van der Waals surface area contributed by atoms with Gasteiger partial charge in [0.05, 0.1) is 10.5 Å². The highest BCUT2D eigenvalue weighted by atomic mass is 16.6. The summed E-state index contributed by atoms with van der Waals surface area (Å²) >= 11 is 0. The fraction of sp³-hybridized carbons (Fsp3) is 0.143. The van der Waals surface area contributed by atoms with Crippen LogP contribution in [0.1, 0.15) is 36.8 Å². The average molecular weight is 422 g/mol. The smallest absolute Gasteiger partial charge is 0.326 e. The Morgan fingerprint density at radius 3 is 2.55 bits per heavy atom. The largest absolute Gasteiger partial charge is 0.456 e. The van der Waals surface area contributed by atoms with E-state index in [0.29, 0.717) is 16.0 Å². The Balaban J connectivity index is 1.44. The molecule has 0 fully saturated rings. The summed E-state index contributed by atoms with van der Waals surface area (Å²) in [5.41, 5.74) is 0.0501. The summed E-state index contributed by atoms with van der Waals surface area (Å²) < 4.78 is 10.4. The van der Waals surface area contributed by atoms with E-state index >= 15 is 0 Å². The number of rotatable bonds is 6. The SMILES string of the molecule is Cc1c(C(=O)COC(=O)CN2C(=O)c3cccc([N+](=O)[O-])c3C2=O)oc2ccccc12. The van der Waals surface area contributed by atoms with Gasteiger partial charge in [0.25, 0.3) is 17.5 Å². The molecule has 1 aromatic heterocycles. The number of carbonyl (C=O) groups is 4. The Hall–Kier alpha value is -4.34. The molecule has 10 heteroatoms. The number of nitro groups is 1. The Kier molecular flexibility index (Phi) is 4.82. The van der Waals surface area contributed by atoms with Gasteiger partial charge in [-0.25, -0.2) is 0 Å². The molecule has 31 heavy (non-hydrogen) atoms. The molecule has 2 amide bonds. The van der Waals surface area contributed by atoms with Gasteiger partial charge < -0.3 is 9.15 Å². The zero-order chi connectivity index (χ0) is 22.3. The first-order valence-electron chi connectivity index (χ1n) is 9.10. The summed E-state index contributed by atoms with van der Waals surface area (Å²) in [5, 5.41) is 11.9. The van der Waals surface area contributed by atoms with Crippen LogP contribution >= 0.6 is 0 Å². The molecule has 0 saturated heterocycles. The van der Waals surface area contributed by atoms with Crippen LogP contribution in [0.2, 0.25) is 0 Å². The van der Waals surface area contributed by atoms with E-state index in [9.17, 15) is 29.3 Å². The first-order valence-corrected chi connectivity index (χ1v) is 9.10. The van der Waals surface area contributed by atoms with Crippen molar-refractivity contribution in [1.82, 2.24) is 4.90 Å². The lowest BCUT2D eigenvalue weighted by atomic mass is 10.1. The predicted molar refractivity (Wildman–Crippen MR) is 105 cm³/mol. The van der Waals surface area contributed by atoms with Crippen molar-refractivity contribution in [3.8, 4) is 0 Å². The number of carbonyl (C=O) groups excluding carboxylic acids is 4. The van der Waals surface area contributed by atoms with E-state index in [1.165, 1.54) is 12.1 Å². The molecule has 1 aliphatic heterocycles. The topological polar surface area (TPSA) is 137 Å². The molecular weight excluding hydrogens is 408 g/mol. The van der Waals surface area contributed by atoms with Crippen molar-refractivity contribution >= 4 is 40.2 Å². The number of furan rings is 1. The van der Waals surface area contributed by atoms with Gasteiger partial charge in [0, 0.05) is 17.0 Å². The maximum absolute atomic E-state index is 12.5. The van der Waals surface area contributed by atoms with Gasteiger partial charge in [-0.1, -0.05) is 24.3 Å². The highest BCUT2D eigenvalue weighted by Gasteiger charge is 2.42. The Morgan fingerprint density at radius 2 is 1.84 bits per heavy atom. The fourth-order valence-electron chi connectivity index (χ4n) is 3.44. The second-order valence-electron chi connectivity index (χ2n) is 6.79. The summed E-state index contributed by atoms with van der Waals surface area (Å²) in [6.07, 6.45) is 0. The number of esters is 1. The zero-order valence-corrected chi connectivity index (χ0v) is 16.1. The Bertz CT molecular complexity index is 1290. The molecule has 0 unspecified atom stereocenters. The molecule has 2 aromatic carbocycles. The molecule has 0 N–H and O–H groups in total. The molecule has 0 spiro atoms. The molecule has 0 bridgehead atoms. The van der Waals surface area contributed by atoms with Crippen LogP contribution in [0, 0.1) is 17.0 Å². The summed E-state index contributed by atoms with van der Waals surface area (Å²) in [7, 11) is 0. The summed E-state index contributed by atoms with van der Waals surface area (Å²) in [6, 6.07) is 10.7. The standard InChI is InChI=1S/C21H14N2O8/c1-11-12-5-2-3-8-16(12)31-19(11)15(24)10-30-17(25)9-22-20(26)13-6-4-7-14(23(28)29)18(13)21(22)27/h2-8H,9-10H2,1H3. The number of hydrogen-bond acceptors (Lipinski definition) is 8. The van der Waals surface area contributed by atoms with Crippen LogP contribution in [0.15, 0.2) is 46.9 Å². The number of ether oxygens (including phenoxy) is 1. The third-order valence-corrected chi connectivity index (χ3v) is 4.92. The summed E-state index contributed by atoms with van der Waals surface area (Å²) in [5.74, 6) is -3.37. The quantitative estimate of drug-likeness (QED) is 0.194. The van der Waals surface area contributed by atoms with Gasteiger partial charge in [-0.05, 0) is 19.1 Å². The maximum Gasteiger partial charge on any atom is 0.326 e. The molecular formula is C21H14N2O8. The normalized spacial score (nSPS) is 12.9. The van der Waals surface area contributed by atoms with Gasteiger partial charge >= 0.3 is 5.97 Å². The maximum atomic E-state index is 12.5. The zero-order valence-electron chi connectivity index (χ0n) is 16.1. The van der Waals surface area contributed by atoms with Crippen molar-refractivity contribution in [2.24, 2.45) is 0 Å². The first-order chi connectivity index (χ1) is 14.8. The van der Waals surface area contributed by atoms with E-state index in [2.05, 4.69) is 0 Å². The number of para-hydroxylation sites is 1. The predicted octanol–water partition coefficient (Wildman–Crippen LogP) is 2.67. The molecule has 0 aliphatic carbocycles. The highest BCUT2D eigenvalue weighted by molar-refractivity contribution is 6.24. The molecule has 3 aromatic rings. The van der Waals surface area contributed by atoms with Crippen LogP contribution < -0.4 is 0 Å². The van der Waals surface area contributed by atoms with E-state index in [1.54, 1.807) is 31.2 Å². The van der Waals surface area contributed by atoms with E-state index in [-0.39, 0.29) is 16.9 Å². The first kappa shape index (κ1) is 20.0. The molecule has 0 saturated carbocycles. The Labute approximate surface area is 174 Å². The molecule has 4 rings (SSSR count). The van der Waals surface area contributed by atoms with Crippen LogP contribution in [0.5, 0.6) is 0 Å². The molecule has 0 atom stereocenters.